The number of para-hydroxylation sites is 1. The van der Waals surface area contributed by atoms with Crippen LogP contribution in [0.1, 0.15) is 42.2 Å². The van der Waals surface area contributed by atoms with Crippen molar-refractivity contribution >= 4 is 23.4 Å². The molecule has 0 aliphatic carbocycles. The molecule has 3 aromatic carbocycles. The van der Waals surface area contributed by atoms with Gasteiger partial charge in [-0.1, -0.05) is 48.5 Å². The van der Waals surface area contributed by atoms with Crippen molar-refractivity contribution in [1.29, 1.82) is 0 Å². The molecule has 0 fully saturated rings. The third kappa shape index (κ3) is 2.15. The van der Waals surface area contributed by atoms with Crippen molar-refractivity contribution in [2.24, 2.45) is 0 Å². The fourth-order valence-electron chi connectivity index (χ4n) is 3.74. The lowest BCUT2D eigenvalue weighted by Crippen LogP contribution is -2.50. The minimum Gasteiger partial charge on any atom is -0.267 e. The predicted octanol–water partition coefficient (Wildman–Crippen LogP) is 3.45. The second kappa shape index (κ2) is 5.64. The van der Waals surface area contributed by atoms with E-state index in [2.05, 4.69) is 0 Å². The molecule has 2 aliphatic heterocycles. The lowest BCUT2D eigenvalue weighted by atomic mass is 10.0. The van der Waals surface area contributed by atoms with Gasteiger partial charge in [-0.05, 0) is 35.4 Å². The van der Waals surface area contributed by atoms with E-state index in [1.54, 1.807) is 48.5 Å². The van der Waals surface area contributed by atoms with Gasteiger partial charge in [0.1, 0.15) is 0 Å². The highest BCUT2D eigenvalue weighted by Crippen LogP contribution is 2.35. The normalized spacial score (nSPS) is 15.3. The van der Waals surface area contributed by atoms with Crippen LogP contribution in [0.2, 0.25) is 0 Å². The summed E-state index contributed by atoms with van der Waals surface area (Å²) in [6, 6.07) is 21.3. The minimum absolute atomic E-state index is 0.310. The largest absolute Gasteiger partial charge is 0.281 e. The first kappa shape index (κ1) is 15.5. The molecule has 2 aliphatic rings. The first-order valence-corrected chi connectivity index (χ1v) is 8.65. The van der Waals surface area contributed by atoms with Crippen molar-refractivity contribution in [2.75, 3.05) is 5.01 Å². The number of rotatable bonds is 1. The van der Waals surface area contributed by atoms with Crippen LogP contribution in [0.3, 0.4) is 0 Å². The number of hydrogen-bond donors (Lipinski definition) is 0. The maximum atomic E-state index is 13.4. The fourth-order valence-corrected chi connectivity index (χ4v) is 3.74. The van der Waals surface area contributed by atoms with Gasteiger partial charge in [-0.15, -0.1) is 0 Å². The number of amides is 3. The van der Waals surface area contributed by atoms with E-state index < -0.39 is 11.8 Å². The molecule has 3 aromatic rings. The van der Waals surface area contributed by atoms with Crippen LogP contribution in [0, 0.1) is 0 Å². The quantitative estimate of drug-likeness (QED) is 0.629. The zero-order valence-corrected chi connectivity index (χ0v) is 14.3. The summed E-state index contributed by atoms with van der Waals surface area (Å²) in [6.45, 7) is 0. The van der Waals surface area contributed by atoms with Gasteiger partial charge in [-0.2, -0.15) is 5.01 Å². The van der Waals surface area contributed by atoms with Crippen molar-refractivity contribution in [3.05, 3.63) is 101 Å². The summed E-state index contributed by atoms with van der Waals surface area (Å²) < 4.78 is 0. The molecule has 27 heavy (non-hydrogen) atoms. The Morgan fingerprint density at radius 1 is 0.519 bits per heavy atom. The molecule has 2 heterocycles. The van der Waals surface area contributed by atoms with E-state index >= 15 is 0 Å². The predicted molar refractivity (Wildman–Crippen MR) is 99.4 cm³/mol. The molecule has 5 heteroatoms. The molecule has 5 rings (SSSR count). The Hall–Kier alpha value is -3.73. The van der Waals surface area contributed by atoms with E-state index in [0.29, 0.717) is 28.8 Å². The molecule has 5 nitrogen and oxygen atoms in total. The summed E-state index contributed by atoms with van der Waals surface area (Å²) in [6.07, 6.45) is 0.553. The highest BCUT2D eigenvalue weighted by atomic mass is 16.2. The zero-order valence-electron chi connectivity index (χ0n) is 14.3. The van der Waals surface area contributed by atoms with Crippen molar-refractivity contribution in [1.82, 2.24) is 5.01 Å². The van der Waals surface area contributed by atoms with Gasteiger partial charge in [0.05, 0.1) is 16.8 Å². The van der Waals surface area contributed by atoms with E-state index in [4.69, 9.17) is 0 Å². The number of nitrogens with zero attached hydrogens (tertiary/aromatic N) is 2. The van der Waals surface area contributed by atoms with Gasteiger partial charge in [-0.3, -0.25) is 14.4 Å². The highest BCUT2D eigenvalue weighted by Gasteiger charge is 2.43. The molecule has 0 aromatic heterocycles. The van der Waals surface area contributed by atoms with Gasteiger partial charge in [0.2, 0.25) is 0 Å². The number of imide groups is 1. The summed E-state index contributed by atoms with van der Waals surface area (Å²) in [5.74, 6) is -1.36. The number of fused-ring (bicyclic) bond motifs is 3. The van der Waals surface area contributed by atoms with E-state index in [-0.39, 0.29) is 5.91 Å². The van der Waals surface area contributed by atoms with E-state index in [0.717, 1.165) is 16.1 Å². The second-order valence-corrected chi connectivity index (χ2v) is 6.55. The lowest BCUT2D eigenvalue weighted by molar-refractivity contribution is 0.0595. The second-order valence-electron chi connectivity index (χ2n) is 6.55. The lowest BCUT2D eigenvalue weighted by Gasteiger charge is -2.30. The Kier molecular flexibility index (Phi) is 3.24. The monoisotopic (exact) mass is 354 g/mol. The number of hydrogen-bond acceptors (Lipinski definition) is 3. The molecular weight excluding hydrogens is 340 g/mol. The molecule has 0 unspecified atom stereocenters. The third-order valence-corrected chi connectivity index (χ3v) is 5.01. The van der Waals surface area contributed by atoms with Crippen LogP contribution in [-0.2, 0) is 6.42 Å². The van der Waals surface area contributed by atoms with Gasteiger partial charge in [0.15, 0.2) is 0 Å². The van der Waals surface area contributed by atoms with Crippen LogP contribution in [0.5, 0.6) is 0 Å². The van der Waals surface area contributed by atoms with Crippen LogP contribution in [0.4, 0.5) is 5.69 Å². The fraction of sp³-hybridized carbons (Fsp3) is 0.0455. The Morgan fingerprint density at radius 3 is 1.67 bits per heavy atom. The van der Waals surface area contributed by atoms with Gasteiger partial charge in [0, 0.05) is 12.0 Å². The maximum Gasteiger partial charge on any atom is 0.281 e. The van der Waals surface area contributed by atoms with Crippen LogP contribution in [-0.4, -0.2) is 22.7 Å². The molecule has 0 atom stereocenters. The van der Waals surface area contributed by atoms with Crippen molar-refractivity contribution in [3.63, 3.8) is 0 Å². The topological polar surface area (TPSA) is 57.7 Å². The summed E-state index contributed by atoms with van der Waals surface area (Å²) in [7, 11) is 0. The van der Waals surface area contributed by atoms with Crippen LogP contribution >= 0.6 is 0 Å². The average molecular weight is 354 g/mol. The standard InChI is InChI=1S/C22H14N2O3/c25-20-16-9-3-1-7-14(16)13-15-8-2-6-12-19(15)23(20)24-21(26)17-10-4-5-11-18(17)22(24)27/h1-12H,13H2. The first-order valence-electron chi connectivity index (χ1n) is 8.65. The highest BCUT2D eigenvalue weighted by molar-refractivity contribution is 6.25. The minimum atomic E-state index is -0.488. The van der Waals surface area contributed by atoms with Crippen LogP contribution < -0.4 is 5.01 Å². The number of hydrazine groups is 1. The van der Waals surface area contributed by atoms with Crippen LogP contribution in [0.25, 0.3) is 0 Å². The van der Waals surface area contributed by atoms with Gasteiger partial charge >= 0.3 is 0 Å². The molecule has 0 N–H and O–H groups in total. The van der Waals surface area contributed by atoms with E-state index in [1.807, 2.05) is 24.3 Å². The Balaban J connectivity index is 1.73. The van der Waals surface area contributed by atoms with Crippen molar-refractivity contribution in [2.45, 2.75) is 6.42 Å². The molecule has 0 saturated carbocycles. The molecule has 3 amide bonds. The summed E-state index contributed by atoms with van der Waals surface area (Å²) in [5, 5.41) is 2.19. The number of carbonyl (C=O) groups excluding carboxylic acids is 3. The molecule has 0 saturated heterocycles. The smallest absolute Gasteiger partial charge is 0.267 e. The van der Waals surface area contributed by atoms with E-state index in [1.165, 1.54) is 5.01 Å². The van der Waals surface area contributed by atoms with Crippen molar-refractivity contribution in [3.8, 4) is 0 Å². The molecule has 130 valence electrons. The third-order valence-electron chi connectivity index (χ3n) is 5.01. The molecule has 0 spiro atoms. The maximum absolute atomic E-state index is 13.4. The van der Waals surface area contributed by atoms with Gasteiger partial charge in [0.25, 0.3) is 17.7 Å². The summed E-state index contributed by atoms with van der Waals surface area (Å²) in [5.41, 5.74) is 3.41. The Morgan fingerprint density at radius 2 is 1.00 bits per heavy atom. The van der Waals surface area contributed by atoms with Gasteiger partial charge < -0.3 is 0 Å². The van der Waals surface area contributed by atoms with Crippen LogP contribution in [0.15, 0.2) is 72.8 Å². The number of anilines is 1. The number of carbonyl (C=O) groups is 3. The van der Waals surface area contributed by atoms with E-state index in [9.17, 15) is 14.4 Å². The molecule has 0 radical (unpaired) electrons. The SMILES string of the molecule is O=C1c2ccccc2C(=O)N1N1C(=O)c2ccccc2Cc2ccccc21. The average Bonchev–Trinajstić information content (AvgIpc) is 2.87. The summed E-state index contributed by atoms with van der Waals surface area (Å²) >= 11 is 0. The Labute approximate surface area is 155 Å². The molecular formula is C22H14N2O3. The Bertz CT molecular complexity index is 1100. The summed E-state index contributed by atoms with van der Waals surface area (Å²) in [4.78, 5) is 39.4. The molecule has 0 bridgehead atoms. The first-order chi connectivity index (χ1) is 13.2. The van der Waals surface area contributed by atoms with Crippen molar-refractivity contribution < 1.29 is 14.4 Å². The number of benzene rings is 3. The zero-order chi connectivity index (χ0) is 18.5. The van der Waals surface area contributed by atoms with Gasteiger partial charge in [-0.25, -0.2) is 5.01 Å².